The van der Waals surface area contributed by atoms with Crippen molar-refractivity contribution >= 4 is 35.6 Å². The number of imide groups is 2. The van der Waals surface area contributed by atoms with E-state index in [1.54, 1.807) is 80.6 Å². The summed E-state index contributed by atoms with van der Waals surface area (Å²) in [5, 5.41) is 2.21. The molecule has 35 heavy (non-hydrogen) atoms. The minimum atomic E-state index is -0.815. The highest BCUT2D eigenvalue weighted by Crippen LogP contribution is 2.31. The van der Waals surface area contributed by atoms with Gasteiger partial charge in [-0.25, -0.2) is 14.5 Å². The monoisotopic (exact) mass is 470 g/mol. The second-order valence-corrected chi connectivity index (χ2v) is 7.64. The van der Waals surface area contributed by atoms with Crippen LogP contribution in [0.2, 0.25) is 0 Å². The Kier molecular flexibility index (Phi) is 6.73. The maximum Gasteiger partial charge on any atom is 0.343 e. The number of hydrogen-bond donors (Lipinski definition) is 1. The van der Waals surface area contributed by atoms with Crippen LogP contribution in [0.1, 0.15) is 28.4 Å². The van der Waals surface area contributed by atoms with Crippen molar-refractivity contribution in [2.75, 3.05) is 11.5 Å². The molecule has 0 radical (unpaired) electrons. The molecule has 176 valence electrons. The number of esters is 1. The summed E-state index contributed by atoms with van der Waals surface area (Å²) in [6.45, 7) is 3.84. The average Bonchev–Trinajstić information content (AvgIpc) is 2.85. The number of urea groups is 1. The van der Waals surface area contributed by atoms with Crippen molar-refractivity contribution in [1.29, 1.82) is 0 Å². The van der Waals surface area contributed by atoms with Crippen molar-refractivity contribution < 1.29 is 28.7 Å². The molecule has 1 saturated heterocycles. The number of para-hydroxylation sites is 1. The first-order valence-electron chi connectivity index (χ1n) is 10.9. The van der Waals surface area contributed by atoms with E-state index in [1.165, 1.54) is 12.1 Å². The number of nitrogens with one attached hydrogen (secondary N) is 1. The number of anilines is 1. The van der Waals surface area contributed by atoms with Gasteiger partial charge in [0.15, 0.2) is 11.5 Å². The molecule has 0 atom stereocenters. The van der Waals surface area contributed by atoms with E-state index >= 15 is 0 Å². The number of hydrogen-bond acceptors (Lipinski definition) is 6. The Morgan fingerprint density at radius 1 is 0.943 bits per heavy atom. The molecule has 8 nitrogen and oxygen atoms in total. The molecular weight excluding hydrogens is 448 g/mol. The highest BCUT2D eigenvalue weighted by atomic mass is 16.6. The summed E-state index contributed by atoms with van der Waals surface area (Å²) in [6, 6.07) is 19.2. The molecule has 0 saturated carbocycles. The van der Waals surface area contributed by atoms with E-state index in [4.69, 9.17) is 9.47 Å². The van der Waals surface area contributed by atoms with Gasteiger partial charge in [-0.2, -0.15) is 0 Å². The number of carbonyl (C=O) groups excluding carboxylic acids is 4. The zero-order valence-corrected chi connectivity index (χ0v) is 19.1. The number of ether oxygens (including phenoxy) is 2. The Bertz CT molecular complexity index is 1350. The molecule has 1 fully saturated rings. The molecule has 0 bridgehead atoms. The van der Waals surface area contributed by atoms with Crippen LogP contribution in [-0.2, 0) is 9.59 Å². The lowest BCUT2D eigenvalue weighted by molar-refractivity contribution is -0.122. The zero-order chi connectivity index (χ0) is 24.9. The molecular formula is C27H22N2O6. The molecule has 4 rings (SSSR count). The van der Waals surface area contributed by atoms with Gasteiger partial charge in [-0.1, -0.05) is 42.5 Å². The van der Waals surface area contributed by atoms with Crippen LogP contribution in [0.5, 0.6) is 11.5 Å². The van der Waals surface area contributed by atoms with Gasteiger partial charge in [0.1, 0.15) is 5.57 Å². The van der Waals surface area contributed by atoms with Crippen LogP contribution in [0.25, 0.3) is 6.08 Å². The molecule has 1 heterocycles. The molecule has 1 aliphatic rings. The fourth-order valence-electron chi connectivity index (χ4n) is 3.56. The first kappa shape index (κ1) is 23.4. The minimum absolute atomic E-state index is 0.194. The summed E-state index contributed by atoms with van der Waals surface area (Å²) >= 11 is 0. The normalized spacial score (nSPS) is 14.6. The Morgan fingerprint density at radius 2 is 1.66 bits per heavy atom. The molecule has 4 amide bonds. The molecule has 0 aromatic heterocycles. The lowest BCUT2D eigenvalue weighted by Gasteiger charge is -2.27. The van der Waals surface area contributed by atoms with Gasteiger partial charge in [-0.15, -0.1) is 0 Å². The predicted octanol–water partition coefficient (Wildman–Crippen LogP) is 4.28. The fraction of sp³-hybridized carbons (Fsp3) is 0.111. The largest absolute Gasteiger partial charge is 0.490 e. The number of rotatable bonds is 6. The highest BCUT2D eigenvalue weighted by Gasteiger charge is 2.37. The molecule has 1 aliphatic heterocycles. The Labute approximate surface area is 201 Å². The van der Waals surface area contributed by atoms with E-state index in [0.29, 0.717) is 29.0 Å². The number of nitrogens with zero attached hydrogens (tertiary/aromatic N) is 1. The number of carbonyl (C=O) groups is 4. The van der Waals surface area contributed by atoms with E-state index in [0.717, 1.165) is 4.90 Å². The van der Waals surface area contributed by atoms with Crippen molar-refractivity contribution in [3.8, 4) is 11.5 Å². The third kappa shape index (κ3) is 4.96. The maximum absolute atomic E-state index is 13.2. The zero-order valence-electron chi connectivity index (χ0n) is 19.1. The van der Waals surface area contributed by atoms with Gasteiger partial charge in [-0.05, 0) is 61.4 Å². The average molecular weight is 470 g/mol. The first-order valence-corrected chi connectivity index (χ1v) is 10.9. The molecule has 0 aliphatic carbocycles. The third-order valence-electron chi connectivity index (χ3n) is 5.25. The molecule has 0 unspecified atom stereocenters. The lowest BCUT2D eigenvalue weighted by atomic mass is 10.1. The van der Waals surface area contributed by atoms with Gasteiger partial charge in [0.25, 0.3) is 11.8 Å². The Morgan fingerprint density at radius 3 is 2.37 bits per heavy atom. The molecule has 3 aromatic carbocycles. The van der Waals surface area contributed by atoms with Crippen LogP contribution in [0.3, 0.4) is 0 Å². The van der Waals surface area contributed by atoms with Crippen molar-refractivity contribution in [3.63, 3.8) is 0 Å². The van der Waals surface area contributed by atoms with Gasteiger partial charge in [0, 0.05) is 0 Å². The number of amides is 4. The van der Waals surface area contributed by atoms with Crippen molar-refractivity contribution in [2.45, 2.75) is 13.8 Å². The standard InChI is InChI=1S/C27H22N2O6/c1-3-34-23-16-18(13-14-22(23)35-26(32)19-10-5-4-6-11-19)15-20-24(30)28-27(33)29(25(20)31)21-12-8-7-9-17(21)2/h4-16H,3H2,1-2H3,(H,28,30,33)/b20-15+. The maximum atomic E-state index is 13.2. The van der Waals surface area contributed by atoms with Crippen LogP contribution in [0.15, 0.2) is 78.4 Å². The number of benzene rings is 3. The van der Waals surface area contributed by atoms with Crippen LogP contribution in [0.4, 0.5) is 10.5 Å². The van der Waals surface area contributed by atoms with Crippen molar-refractivity contribution in [2.24, 2.45) is 0 Å². The second-order valence-electron chi connectivity index (χ2n) is 7.64. The summed E-state index contributed by atoms with van der Waals surface area (Å²) in [7, 11) is 0. The summed E-state index contributed by atoms with van der Waals surface area (Å²) in [4.78, 5) is 51.5. The summed E-state index contributed by atoms with van der Waals surface area (Å²) in [5.74, 6) is -1.64. The number of barbiturate groups is 1. The van der Waals surface area contributed by atoms with Crippen molar-refractivity contribution in [3.05, 3.63) is 95.1 Å². The Hall–Kier alpha value is -4.72. The van der Waals surface area contributed by atoms with Crippen LogP contribution in [0, 0.1) is 6.92 Å². The lowest BCUT2D eigenvalue weighted by Crippen LogP contribution is -2.54. The molecule has 3 aromatic rings. The summed E-state index contributed by atoms with van der Waals surface area (Å²) in [6.07, 6.45) is 1.36. The fourth-order valence-corrected chi connectivity index (χ4v) is 3.56. The van der Waals surface area contributed by atoms with Gasteiger partial charge in [-0.3, -0.25) is 14.9 Å². The van der Waals surface area contributed by atoms with Gasteiger partial charge in [0.05, 0.1) is 17.9 Å². The molecule has 0 spiro atoms. The Balaban J connectivity index is 1.66. The first-order chi connectivity index (χ1) is 16.9. The van der Waals surface area contributed by atoms with Gasteiger partial charge < -0.3 is 9.47 Å². The second kappa shape index (κ2) is 10.0. The summed E-state index contributed by atoms with van der Waals surface area (Å²) < 4.78 is 11.1. The van der Waals surface area contributed by atoms with Gasteiger partial charge >= 0.3 is 12.0 Å². The van der Waals surface area contributed by atoms with Crippen LogP contribution >= 0.6 is 0 Å². The van der Waals surface area contributed by atoms with E-state index < -0.39 is 23.8 Å². The minimum Gasteiger partial charge on any atom is -0.490 e. The SMILES string of the molecule is CCOc1cc(/C=C2\C(=O)NC(=O)N(c3ccccc3C)C2=O)ccc1OC(=O)c1ccccc1. The van der Waals surface area contributed by atoms with Crippen LogP contribution in [-0.4, -0.2) is 30.4 Å². The van der Waals surface area contributed by atoms with Crippen molar-refractivity contribution in [1.82, 2.24) is 5.32 Å². The van der Waals surface area contributed by atoms with Crippen LogP contribution < -0.4 is 19.7 Å². The third-order valence-corrected chi connectivity index (χ3v) is 5.25. The quantitative estimate of drug-likeness (QED) is 0.250. The van der Waals surface area contributed by atoms with E-state index in [-0.39, 0.29) is 17.1 Å². The smallest absolute Gasteiger partial charge is 0.343 e. The van der Waals surface area contributed by atoms with E-state index in [1.807, 2.05) is 0 Å². The topological polar surface area (TPSA) is 102 Å². The molecule has 1 N–H and O–H groups in total. The van der Waals surface area contributed by atoms with E-state index in [2.05, 4.69) is 5.32 Å². The highest BCUT2D eigenvalue weighted by molar-refractivity contribution is 6.39. The van der Waals surface area contributed by atoms with Gasteiger partial charge in [0.2, 0.25) is 0 Å². The van der Waals surface area contributed by atoms with E-state index in [9.17, 15) is 19.2 Å². The number of aryl methyl sites for hydroxylation is 1. The predicted molar refractivity (Wildman–Crippen MR) is 129 cm³/mol. The summed E-state index contributed by atoms with van der Waals surface area (Å²) in [5.41, 5.74) is 1.70. The molecule has 8 heteroatoms.